The zero-order chi connectivity index (χ0) is 34.4. The normalized spacial score (nSPS) is 15.5. The fourth-order valence-corrected chi connectivity index (χ4v) is 5.55. The van der Waals surface area contributed by atoms with E-state index < -0.39 is 23.5 Å². The van der Waals surface area contributed by atoms with E-state index in [4.69, 9.17) is 9.47 Å². The van der Waals surface area contributed by atoms with Crippen LogP contribution >= 0.6 is 12.4 Å². The van der Waals surface area contributed by atoms with Gasteiger partial charge >= 0.3 is 0 Å². The molecule has 1 aliphatic heterocycles. The molecule has 1 saturated heterocycles. The van der Waals surface area contributed by atoms with Gasteiger partial charge in [0.1, 0.15) is 41.5 Å². The fraction of sp³-hybridized carbons (Fsp3) is 0.361. The van der Waals surface area contributed by atoms with E-state index in [1.165, 1.54) is 13.4 Å². The molecule has 1 aliphatic rings. The van der Waals surface area contributed by atoms with Crippen LogP contribution in [-0.4, -0.2) is 71.4 Å². The van der Waals surface area contributed by atoms with E-state index in [1.807, 2.05) is 75.4 Å². The maximum Gasteiger partial charge on any atom is 0.247 e. The van der Waals surface area contributed by atoms with Crippen molar-refractivity contribution in [1.29, 1.82) is 0 Å². The highest BCUT2D eigenvalue weighted by Gasteiger charge is 2.42. The summed E-state index contributed by atoms with van der Waals surface area (Å²) in [6.45, 7) is 7.82. The van der Waals surface area contributed by atoms with Gasteiger partial charge in [0.15, 0.2) is 0 Å². The molecule has 0 aliphatic carbocycles. The van der Waals surface area contributed by atoms with Gasteiger partial charge < -0.3 is 35.6 Å². The number of likely N-dealkylation sites (N-methyl/N-ethyl adjacent to an activating group) is 1. The van der Waals surface area contributed by atoms with Crippen LogP contribution in [0.1, 0.15) is 40.5 Å². The second-order valence-corrected chi connectivity index (χ2v) is 12.9. The lowest BCUT2D eigenvalue weighted by atomic mass is 9.85. The van der Waals surface area contributed by atoms with Gasteiger partial charge in [-0.2, -0.15) is 0 Å². The van der Waals surface area contributed by atoms with Crippen LogP contribution in [0.5, 0.6) is 17.2 Å². The molecule has 3 amide bonds. The van der Waals surface area contributed by atoms with Crippen LogP contribution in [0, 0.1) is 5.41 Å². The molecule has 0 spiro atoms. The monoisotopic (exact) mass is 689 g/mol. The Balaban J connectivity index is 0.00000541. The van der Waals surface area contributed by atoms with Crippen molar-refractivity contribution in [2.24, 2.45) is 5.41 Å². The lowest BCUT2D eigenvalue weighted by Crippen LogP contribution is -2.59. The van der Waals surface area contributed by atoms with E-state index in [0.717, 1.165) is 11.4 Å². The summed E-state index contributed by atoms with van der Waals surface area (Å²) in [6, 6.07) is 18.5. The number of nitrogens with one attached hydrogen (secondary N) is 4. The van der Waals surface area contributed by atoms with E-state index in [9.17, 15) is 14.4 Å². The molecule has 1 aromatic heterocycles. The molecular formula is C36H44ClN7O5. The molecule has 5 rings (SSSR count). The average molecular weight is 690 g/mol. The summed E-state index contributed by atoms with van der Waals surface area (Å²) in [6.07, 6.45) is 2.61. The summed E-state index contributed by atoms with van der Waals surface area (Å²) in [5.41, 5.74) is 1.23. The predicted octanol–water partition coefficient (Wildman–Crippen LogP) is 5.66. The molecule has 0 bridgehead atoms. The lowest BCUT2D eigenvalue weighted by Gasteiger charge is -2.36. The summed E-state index contributed by atoms with van der Waals surface area (Å²) < 4.78 is 11.5. The third-order valence-corrected chi connectivity index (χ3v) is 8.37. The van der Waals surface area contributed by atoms with Crippen molar-refractivity contribution >= 4 is 58.2 Å². The number of benzene rings is 3. The SMILES string of the molecule is CNC(C)C(=O)NC(C(=O)N1CCCC1C(=O)Nc1cc2c(Nc3ccc(Oc4ccccc4)cc3)ncnc2cc1OC)C(C)(C)C.Cl. The minimum atomic E-state index is -0.811. The first-order valence-electron chi connectivity index (χ1n) is 16.0. The number of ether oxygens (including phenoxy) is 2. The van der Waals surface area contributed by atoms with E-state index >= 15 is 0 Å². The third kappa shape index (κ3) is 8.76. The first-order chi connectivity index (χ1) is 23.0. The minimum Gasteiger partial charge on any atom is -0.494 e. The molecule has 0 saturated carbocycles. The number of amides is 3. The van der Waals surface area contributed by atoms with E-state index in [1.54, 1.807) is 31.0 Å². The molecule has 3 atom stereocenters. The smallest absolute Gasteiger partial charge is 0.247 e. The summed E-state index contributed by atoms with van der Waals surface area (Å²) >= 11 is 0. The number of fused-ring (bicyclic) bond motifs is 1. The molecule has 3 aromatic carbocycles. The Morgan fingerprint density at radius 2 is 1.67 bits per heavy atom. The Morgan fingerprint density at radius 3 is 2.33 bits per heavy atom. The lowest BCUT2D eigenvalue weighted by molar-refractivity contribution is -0.143. The van der Waals surface area contributed by atoms with Crippen molar-refractivity contribution in [2.45, 2.75) is 58.7 Å². The predicted molar refractivity (Wildman–Crippen MR) is 193 cm³/mol. The van der Waals surface area contributed by atoms with E-state index in [0.29, 0.717) is 53.3 Å². The number of methoxy groups -OCH3 is 1. The third-order valence-electron chi connectivity index (χ3n) is 8.37. The van der Waals surface area contributed by atoms with Crippen LogP contribution in [-0.2, 0) is 14.4 Å². The quantitative estimate of drug-likeness (QED) is 0.157. The van der Waals surface area contributed by atoms with Crippen LogP contribution in [0.4, 0.5) is 17.2 Å². The highest BCUT2D eigenvalue weighted by atomic mass is 35.5. The molecule has 0 radical (unpaired) electrons. The van der Waals surface area contributed by atoms with Crippen LogP contribution in [0.2, 0.25) is 0 Å². The summed E-state index contributed by atoms with van der Waals surface area (Å²) in [7, 11) is 3.20. The second kappa shape index (κ2) is 16.0. The zero-order valence-corrected chi connectivity index (χ0v) is 29.4. The molecule has 12 nitrogen and oxygen atoms in total. The van der Waals surface area contributed by atoms with E-state index in [2.05, 4.69) is 31.2 Å². The average Bonchev–Trinajstić information content (AvgIpc) is 3.58. The molecular weight excluding hydrogens is 646 g/mol. The summed E-state index contributed by atoms with van der Waals surface area (Å²) in [4.78, 5) is 50.9. The number of halogens is 1. The minimum absolute atomic E-state index is 0. The zero-order valence-electron chi connectivity index (χ0n) is 28.6. The second-order valence-electron chi connectivity index (χ2n) is 12.9. The van der Waals surface area contributed by atoms with Crippen molar-refractivity contribution in [3.8, 4) is 17.2 Å². The fourth-order valence-electron chi connectivity index (χ4n) is 5.55. The number of para-hydroxylation sites is 1. The Morgan fingerprint density at radius 1 is 0.980 bits per heavy atom. The summed E-state index contributed by atoms with van der Waals surface area (Å²) in [5, 5.41) is 12.8. The van der Waals surface area contributed by atoms with Gasteiger partial charge in [-0.3, -0.25) is 14.4 Å². The van der Waals surface area contributed by atoms with Crippen LogP contribution in [0.3, 0.4) is 0 Å². The van der Waals surface area contributed by atoms with Gasteiger partial charge in [-0.05, 0) is 74.7 Å². The number of carbonyl (C=O) groups excluding carboxylic acids is 3. The van der Waals surface area contributed by atoms with Crippen molar-refractivity contribution in [2.75, 3.05) is 31.3 Å². The topological polar surface area (TPSA) is 147 Å². The molecule has 2 heterocycles. The number of hydrogen-bond acceptors (Lipinski definition) is 9. The number of anilines is 3. The van der Waals surface area contributed by atoms with Gasteiger partial charge in [0.05, 0.1) is 24.4 Å². The van der Waals surface area contributed by atoms with Gasteiger partial charge in [-0.15, -0.1) is 12.4 Å². The molecule has 4 aromatic rings. The number of hydrogen-bond donors (Lipinski definition) is 4. The number of nitrogens with zero attached hydrogens (tertiary/aromatic N) is 3. The number of aromatic nitrogens is 2. The van der Waals surface area contributed by atoms with Crippen molar-refractivity contribution in [1.82, 2.24) is 25.5 Å². The molecule has 13 heteroatoms. The largest absolute Gasteiger partial charge is 0.494 e. The van der Waals surface area contributed by atoms with Crippen LogP contribution < -0.4 is 30.7 Å². The van der Waals surface area contributed by atoms with Crippen molar-refractivity contribution < 1.29 is 23.9 Å². The van der Waals surface area contributed by atoms with Crippen LogP contribution in [0.25, 0.3) is 10.9 Å². The Kier molecular flexibility index (Phi) is 12.0. The van der Waals surface area contributed by atoms with Crippen molar-refractivity contribution in [3.05, 3.63) is 73.1 Å². The Hall–Kier alpha value is -4.94. The van der Waals surface area contributed by atoms with Gasteiger partial charge in [0.25, 0.3) is 0 Å². The Labute approximate surface area is 292 Å². The number of rotatable bonds is 11. The molecule has 3 unspecified atom stereocenters. The standard InChI is InChI=1S/C36H43N7O5.ClH/c1-22(37-5)33(44)42-31(36(2,3)4)35(46)43-18-10-13-29(43)34(45)41-28-19-26-27(20-30(28)47-6)38-21-39-32(26)40-23-14-16-25(17-15-23)48-24-11-8-7-9-12-24;/h7-9,11-12,14-17,19-22,29,31,37H,10,13,18H2,1-6H3,(H,41,45)(H,42,44)(H,38,39,40);1H. The van der Waals surface area contributed by atoms with Gasteiger partial charge in [0.2, 0.25) is 17.7 Å². The maximum atomic E-state index is 13.9. The number of carbonyl (C=O) groups is 3. The summed E-state index contributed by atoms with van der Waals surface area (Å²) in [5.74, 6) is 1.47. The number of likely N-dealkylation sites (tertiary alicyclic amines) is 1. The maximum absolute atomic E-state index is 13.9. The Bertz CT molecular complexity index is 1770. The van der Waals surface area contributed by atoms with Crippen molar-refractivity contribution in [3.63, 3.8) is 0 Å². The van der Waals surface area contributed by atoms with Crippen LogP contribution in [0.15, 0.2) is 73.1 Å². The van der Waals surface area contributed by atoms with Gasteiger partial charge in [-0.25, -0.2) is 9.97 Å². The molecule has 4 N–H and O–H groups in total. The van der Waals surface area contributed by atoms with Gasteiger partial charge in [0, 0.05) is 23.7 Å². The van der Waals surface area contributed by atoms with Gasteiger partial charge in [-0.1, -0.05) is 39.0 Å². The molecule has 49 heavy (non-hydrogen) atoms. The highest BCUT2D eigenvalue weighted by molar-refractivity contribution is 6.03. The van der Waals surface area contributed by atoms with E-state index in [-0.39, 0.29) is 30.1 Å². The molecule has 260 valence electrons. The molecule has 1 fully saturated rings. The first-order valence-corrected chi connectivity index (χ1v) is 16.0. The first kappa shape index (κ1) is 36.9. The highest BCUT2D eigenvalue weighted by Crippen LogP contribution is 2.35.